The van der Waals surface area contributed by atoms with E-state index in [0.717, 1.165) is 0 Å². The predicted molar refractivity (Wildman–Crippen MR) is 57.6 cm³/mol. The maximum atomic E-state index is 11.4. The number of likely N-dealkylation sites (N-methyl/N-ethyl adjacent to an activating group) is 1. The molecule has 0 saturated heterocycles. The summed E-state index contributed by atoms with van der Waals surface area (Å²) in [6, 6.07) is 2.98. The largest absolute Gasteiger partial charge is 0.451 e. The van der Waals surface area contributed by atoms with E-state index in [1.807, 2.05) is 0 Å². The maximum absolute atomic E-state index is 11.4. The minimum Gasteiger partial charge on any atom is -0.451 e. The number of nitrogen functional groups attached to an aromatic ring is 1. The van der Waals surface area contributed by atoms with E-state index in [4.69, 9.17) is 10.5 Å². The van der Waals surface area contributed by atoms with Crippen LogP contribution in [0.4, 0.5) is 5.69 Å². The number of ether oxygens (including phenoxy) is 1. The van der Waals surface area contributed by atoms with Gasteiger partial charge in [0.2, 0.25) is 0 Å². The standard InChI is InChI=1S/C10H13N3O3/c1-13(2)9(14)6-16-10(15)8-4-3-7(11)5-12-8/h3-5H,6,11H2,1-2H3. The van der Waals surface area contributed by atoms with E-state index < -0.39 is 5.97 Å². The zero-order valence-corrected chi connectivity index (χ0v) is 9.14. The first-order valence-electron chi connectivity index (χ1n) is 4.59. The molecule has 1 aromatic heterocycles. The Morgan fingerprint density at radius 2 is 2.12 bits per heavy atom. The predicted octanol–water partition coefficient (Wildman–Crippen LogP) is -0.0912. The summed E-state index contributed by atoms with van der Waals surface area (Å²) in [5, 5.41) is 0. The summed E-state index contributed by atoms with van der Waals surface area (Å²) in [5.41, 5.74) is 6.00. The fourth-order valence-electron chi connectivity index (χ4n) is 0.856. The molecule has 1 amide bonds. The summed E-state index contributed by atoms with van der Waals surface area (Å²) in [7, 11) is 3.16. The molecule has 0 fully saturated rings. The molecule has 16 heavy (non-hydrogen) atoms. The van der Waals surface area contributed by atoms with E-state index >= 15 is 0 Å². The van der Waals surface area contributed by atoms with Gasteiger partial charge in [-0.2, -0.15) is 0 Å². The van der Waals surface area contributed by atoms with Crippen molar-refractivity contribution >= 4 is 17.6 Å². The number of hydrogen-bond donors (Lipinski definition) is 1. The van der Waals surface area contributed by atoms with Crippen LogP contribution in [-0.4, -0.2) is 42.5 Å². The molecule has 0 aliphatic rings. The van der Waals surface area contributed by atoms with E-state index in [1.165, 1.54) is 23.2 Å². The Morgan fingerprint density at radius 1 is 1.44 bits per heavy atom. The number of amides is 1. The third-order valence-corrected chi connectivity index (χ3v) is 1.82. The molecule has 0 aliphatic heterocycles. The van der Waals surface area contributed by atoms with Crippen molar-refractivity contribution in [1.29, 1.82) is 0 Å². The van der Waals surface area contributed by atoms with Crippen molar-refractivity contribution in [3.63, 3.8) is 0 Å². The second-order valence-electron chi connectivity index (χ2n) is 3.34. The monoisotopic (exact) mass is 223 g/mol. The molecule has 0 aromatic carbocycles. The van der Waals surface area contributed by atoms with Gasteiger partial charge in [0.05, 0.1) is 11.9 Å². The Kier molecular flexibility index (Phi) is 3.82. The van der Waals surface area contributed by atoms with Crippen molar-refractivity contribution in [3.8, 4) is 0 Å². The second kappa shape index (κ2) is 5.11. The zero-order chi connectivity index (χ0) is 12.1. The highest BCUT2D eigenvalue weighted by Gasteiger charge is 2.11. The van der Waals surface area contributed by atoms with E-state index in [0.29, 0.717) is 5.69 Å². The fourth-order valence-corrected chi connectivity index (χ4v) is 0.856. The van der Waals surface area contributed by atoms with Gasteiger partial charge >= 0.3 is 5.97 Å². The van der Waals surface area contributed by atoms with E-state index in [-0.39, 0.29) is 18.2 Å². The molecule has 1 aromatic rings. The highest BCUT2D eigenvalue weighted by atomic mass is 16.5. The lowest BCUT2D eigenvalue weighted by atomic mass is 10.3. The lowest BCUT2D eigenvalue weighted by Crippen LogP contribution is -2.27. The number of nitrogens with two attached hydrogens (primary N) is 1. The highest BCUT2D eigenvalue weighted by Crippen LogP contribution is 2.02. The molecule has 2 N–H and O–H groups in total. The van der Waals surface area contributed by atoms with Crippen LogP contribution in [0.25, 0.3) is 0 Å². The van der Waals surface area contributed by atoms with Crippen molar-refractivity contribution in [1.82, 2.24) is 9.88 Å². The Labute approximate surface area is 93.0 Å². The Balaban J connectivity index is 2.53. The van der Waals surface area contributed by atoms with Gasteiger partial charge < -0.3 is 15.4 Å². The fraction of sp³-hybridized carbons (Fsp3) is 0.300. The summed E-state index contributed by atoms with van der Waals surface area (Å²) < 4.78 is 4.76. The van der Waals surface area contributed by atoms with E-state index in [9.17, 15) is 9.59 Å². The summed E-state index contributed by atoms with van der Waals surface area (Å²) in [4.78, 5) is 27.6. The number of aromatic nitrogens is 1. The van der Waals surface area contributed by atoms with Crippen molar-refractivity contribution in [3.05, 3.63) is 24.0 Å². The smallest absolute Gasteiger partial charge is 0.357 e. The lowest BCUT2D eigenvalue weighted by molar-refractivity contribution is -0.131. The van der Waals surface area contributed by atoms with Gasteiger partial charge in [-0.15, -0.1) is 0 Å². The number of esters is 1. The van der Waals surface area contributed by atoms with Crippen LogP contribution in [0.2, 0.25) is 0 Å². The average Bonchev–Trinajstić information content (AvgIpc) is 2.26. The number of rotatable bonds is 3. The minimum absolute atomic E-state index is 0.126. The number of pyridine rings is 1. The number of anilines is 1. The van der Waals surface area contributed by atoms with E-state index in [1.54, 1.807) is 14.1 Å². The Hall–Kier alpha value is -2.11. The molecule has 1 rings (SSSR count). The van der Waals surface area contributed by atoms with Gasteiger partial charge in [0.25, 0.3) is 5.91 Å². The molecule has 0 unspecified atom stereocenters. The normalized spacial score (nSPS) is 9.62. The van der Waals surface area contributed by atoms with Gasteiger partial charge in [-0.3, -0.25) is 4.79 Å². The number of carbonyl (C=O) groups excluding carboxylic acids is 2. The van der Waals surface area contributed by atoms with Crippen molar-refractivity contribution in [2.45, 2.75) is 0 Å². The van der Waals surface area contributed by atoms with Crippen LogP contribution in [0, 0.1) is 0 Å². The topological polar surface area (TPSA) is 85.5 Å². The number of nitrogens with zero attached hydrogens (tertiary/aromatic N) is 2. The summed E-state index contributed by atoms with van der Waals surface area (Å²) in [5.74, 6) is -0.931. The van der Waals surface area contributed by atoms with Gasteiger partial charge in [-0.25, -0.2) is 9.78 Å². The highest BCUT2D eigenvalue weighted by molar-refractivity contribution is 5.89. The SMILES string of the molecule is CN(C)C(=O)COC(=O)c1ccc(N)cn1. The number of carbonyl (C=O) groups is 2. The van der Waals surface area contributed by atoms with Crippen LogP contribution in [0.15, 0.2) is 18.3 Å². The minimum atomic E-state index is -0.643. The summed E-state index contributed by atoms with van der Waals surface area (Å²) in [6.07, 6.45) is 1.35. The molecule has 6 nitrogen and oxygen atoms in total. The van der Waals surface area contributed by atoms with Crippen LogP contribution in [-0.2, 0) is 9.53 Å². The molecular weight excluding hydrogens is 210 g/mol. The van der Waals surface area contributed by atoms with Crippen LogP contribution in [0.5, 0.6) is 0 Å². The average molecular weight is 223 g/mol. The molecule has 1 heterocycles. The van der Waals surface area contributed by atoms with Gasteiger partial charge in [-0.05, 0) is 12.1 Å². The molecule has 0 aliphatic carbocycles. The first-order valence-corrected chi connectivity index (χ1v) is 4.59. The van der Waals surface area contributed by atoms with Crippen molar-refractivity contribution < 1.29 is 14.3 Å². The van der Waals surface area contributed by atoms with Gasteiger partial charge in [0, 0.05) is 14.1 Å². The third kappa shape index (κ3) is 3.23. The molecule has 0 atom stereocenters. The molecule has 0 saturated carbocycles. The van der Waals surface area contributed by atoms with Crippen molar-refractivity contribution in [2.24, 2.45) is 0 Å². The third-order valence-electron chi connectivity index (χ3n) is 1.82. The van der Waals surface area contributed by atoms with Gasteiger partial charge in [0.15, 0.2) is 6.61 Å². The van der Waals surface area contributed by atoms with Crippen molar-refractivity contribution in [2.75, 3.05) is 26.4 Å². The van der Waals surface area contributed by atoms with Gasteiger partial charge in [-0.1, -0.05) is 0 Å². The molecule has 86 valence electrons. The molecular formula is C10H13N3O3. The van der Waals surface area contributed by atoms with Crippen LogP contribution >= 0.6 is 0 Å². The lowest BCUT2D eigenvalue weighted by Gasteiger charge is -2.10. The quantitative estimate of drug-likeness (QED) is 0.724. The van der Waals surface area contributed by atoms with Crippen LogP contribution in [0.3, 0.4) is 0 Å². The molecule has 0 bridgehead atoms. The Bertz CT molecular complexity index is 387. The number of hydrogen-bond acceptors (Lipinski definition) is 5. The molecule has 0 radical (unpaired) electrons. The second-order valence-corrected chi connectivity index (χ2v) is 3.34. The summed E-state index contributed by atoms with van der Waals surface area (Å²) in [6.45, 7) is -0.294. The first kappa shape index (κ1) is 12.0. The van der Waals surface area contributed by atoms with Gasteiger partial charge in [0.1, 0.15) is 5.69 Å². The first-order chi connectivity index (χ1) is 7.50. The molecule has 6 heteroatoms. The Morgan fingerprint density at radius 3 is 2.62 bits per heavy atom. The van der Waals surface area contributed by atoms with E-state index in [2.05, 4.69) is 4.98 Å². The zero-order valence-electron chi connectivity index (χ0n) is 9.14. The molecule has 0 spiro atoms. The van der Waals surface area contributed by atoms with Crippen LogP contribution in [0.1, 0.15) is 10.5 Å². The maximum Gasteiger partial charge on any atom is 0.357 e. The van der Waals surface area contributed by atoms with Crippen LogP contribution < -0.4 is 5.73 Å². The summed E-state index contributed by atoms with van der Waals surface area (Å²) >= 11 is 0.